The Kier molecular flexibility index (Phi) is 5.83. The van der Waals surface area contributed by atoms with E-state index < -0.39 is 0 Å². The van der Waals surface area contributed by atoms with Crippen molar-refractivity contribution in [3.8, 4) is 0 Å². The third-order valence-corrected chi connectivity index (χ3v) is 3.76. The largest absolute Gasteiger partial charge is 0.382 e. The lowest BCUT2D eigenvalue weighted by atomic mass is 10.0. The molecule has 1 N–H and O–H groups in total. The Morgan fingerprint density at radius 2 is 2.23 bits per heavy atom. The van der Waals surface area contributed by atoms with Crippen LogP contribution in [-0.2, 0) is 4.74 Å². The molecule has 2 atom stereocenters. The Balaban J connectivity index is 2.15. The van der Waals surface area contributed by atoms with Crippen LogP contribution in [0.15, 0.2) is 0 Å². The predicted octanol–water partition coefficient (Wildman–Crippen LogP) is 1.75. The zero-order chi connectivity index (χ0) is 9.52. The molecule has 2 unspecified atom stereocenters. The summed E-state index contributed by atoms with van der Waals surface area (Å²) in [4.78, 5) is 0. The minimum Gasteiger partial charge on any atom is -0.382 e. The van der Waals surface area contributed by atoms with Crippen LogP contribution in [-0.4, -0.2) is 37.3 Å². The molecule has 0 aromatic rings. The van der Waals surface area contributed by atoms with Crippen LogP contribution >= 0.6 is 11.8 Å². The van der Waals surface area contributed by atoms with E-state index in [9.17, 15) is 0 Å². The van der Waals surface area contributed by atoms with Crippen LogP contribution in [0, 0.1) is 5.92 Å². The third-order valence-electron chi connectivity index (χ3n) is 2.50. The molecule has 1 fully saturated rings. The summed E-state index contributed by atoms with van der Waals surface area (Å²) in [7, 11) is 0. The zero-order valence-electron chi connectivity index (χ0n) is 8.71. The monoisotopic (exact) mass is 203 g/mol. The van der Waals surface area contributed by atoms with E-state index in [0.29, 0.717) is 0 Å². The molecule has 13 heavy (non-hydrogen) atoms. The lowest BCUT2D eigenvalue weighted by Crippen LogP contribution is -2.35. The molecule has 1 aliphatic heterocycles. The van der Waals surface area contributed by atoms with Gasteiger partial charge in [0.15, 0.2) is 0 Å². The number of thioether (sulfide) groups is 1. The van der Waals surface area contributed by atoms with Crippen LogP contribution in [0.3, 0.4) is 0 Å². The maximum absolute atomic E-state index is 5.38. The summed E-state index contributed by atoms with van der Waals surface area (Å²) in [6, 6.07) is 0.732. The first-order valence-corrected chi connectivity index (χ1v) is 6.42. The third kappa shape index (κ3) is 3.88. The van der Waals surface area contributed by atoms with Gasteiger partial charge < -0.3 is 10.1 Å². The van der Waals surface area contributed by atoms with Crippen molar-refractivity contribution in [1.29, 1.82) is 0 Å². The molecule has 1 rings (SSSR count). The first-order chi connectivity index (χ1) is 6.38. The summed E-state index contributed by atoms with van der Waals surface area (Å²) in [6.45, 7) is 7.12. The molecule has 3 heteroatoms. The van der Waals surface area contributed by atoms with E-state index in [1.165, 1.54) is 17.9 Å². The fourth-order valence-corrected chi connectivity index (χ4v) is 3.23. The molecule has 0 spiro atoms. The van der Waals surface area contributed by atoms with Gasteiger partial charge >= 0.3 is 0 Å². The lowest BCUT2D eigenvalue weighted by Gasteiger charge is -2.18. The number of ether oxygens (including phenoxy) is 1. The molecule has 1 aliphatic rings. The van der Waals surface area contributed by atoms with Crippen molar-refractivity contribution >= 4 is 11.8 Å². The minimum atomic E-state index is 0.732. The Morgan fingerprint density at radius 3 is 2.92 bits per heavy atom. The van der Waals surface area contributed by atoms with Gasteiger partial charge in [0.1, 0.15) is 0 Å². The highest BCUT2D eigenvalue weighted by Crippen LogP contribution is 2.26. The molecular weight excluding hydrogens is 182 g/mol. The summed E-state index contributed by atoms with van der Waals surface area (Å²) in [6.07, 6.45) is 1.22. The van der Waals surface area contributed by atoms with Gasteiger partial charge in [0, 0.05) is 25.0 Å². The van der Waals surface area contributed by atoms with Crippen molar-refractivity contribution in [1.82, 2.24) is 5.32 Å². The average Bonchev–Trinajstić information content (AvgIpc) is 2.54. The smallest absolute Gasteiger partial charge is 0.0469 e. The van der Waals surface area contributed by atoms with Gasteiger partial charge in [-0.1, -0.05) is 6.92 Å². The summed E-state index contributed by atoms with van der Waals surface area (Å²) in [5.74, 6) is 3.42. The quantitative estimate of drug-likeness (QED) is 0.665. The molecule has 2 nitrogen and oxygen atoms in total. The Bertz CT molecular complexity index is 132. The van der Waals surface area contributed by atoms with Gasteiger partial charge in [0.25, 0.3) is 0 Å². The minimum absolute atomic E-state index is 0.732. The highest BCUT2D eigenvalue weighted by Gasteiger charge is 2.26. The fourth-order valence-electron chi connectivity index (χ4n) is 1.75. The molecule has 0 bridgehead atoms. The number of hydrogen-bond donors (Lipinski definition) is 1. The summed E-state index contributed by atoms with van der Waals surface area (Å²) in [5.41, 5.74) is 0. The van der Waals surface area contributed by atoms with Crippen molar-refractivity contribution in [2.75, 3.05) is 31.3 Å². The summed E-state index contributed by atoms with van der Waals surface area (Å²) in [5, 5.41) is 3.55. The topological polar surface area (TPSA) is 21.3 Å². The molecule has 1 saturated heterocycles. The van der Waals surface area contributed by atoms with Crippen molar-refractivity contribution in [2.24, 2.45) is 5.92 Å². The van der Waals surface area contributed by atoms with Crippen LogP contribution in [0.2, 0.25) is 0 Å². The van der Waals surface area contributed by atoms with Gasteiger partial charge in [-0.3, -0.25) is 0 Å². The van der Waals surface area contributed by atoms with Gasteiger partial charge in [-0.05, 0) is 31.6 Å². The van der Waals surface area contributed by atoms with Crippen LogP contribution in [0.1, 0.15) is 20.3 Å². The number of nitrogens with one attached hydrogen (secondary N) is 1. The first-order valence-electron chi connectivity index (χ1n) is 5.27. The van der Waals surface area contributed by atoms with E-state index >= 15 is 0 Å². The van der Waals surface area contributed by atoms with Crippen LogP contribution < -0.4 is 5.32 Å². The second kappa shape index (κ2) is 6.68. The van der Waals surface area contributed by atoms with Crippen LogP contribution in [0.25, 0.3) is 0 Å². The highest BCUT2D eigenvalue weighted by atomic mass is 32.2. The van der Waals surface area contributed by atoms with Crippen molar-refractivity contribution < 1.29 is 4.74 Å². The van der Waals surface area contributed by atoms with Gasteiger partial charge in [-0.2, -0.15) is 11.8 Å². The maximum atomic E-state index is 5.38. The van der Waals surface area contributed by atoms with E-state index in [4.69, 9.17) is 4.74 Å². The summed E-state index contributed by atoms with van der Waals surface area (Å²) >= 11 is 2.07. The van der Waals surface area contributed by atoms with E-state index in [1.54, 1.807) is 0 Å². The van der Waals surface area contributed by atoms with Gasteiger partial charge in [-0.15, -0.1) is 0 Å². The fraction of sp³-hybridized carbons (Fsp3) is 1.00. The Labute approximate surface area is 85.8 Å². The van der Waals surface area contributed by atoms with Gasteiger partial charge in [0.05, 0.1) is 0 Å². The standard InChI is InChI=1S/C10H21NOS/c1-3-11-10-8-13-7-9(10)5-6-12-4-2/h9-11H,3-8H2,1-2H3. The molecule has 0 aromatic carbocycles. The van der Waals surface area contributed by atoms with Gasteiger partial charge in [0.2, 0.25) is 0 Å². The molecule has 0 aromatic heterocycles. The average molecular weight is 203 g/mol. The molecular formula is C10H21NOS. The second-order valence-corrected chi connectivity index (χ2v) is 4.52. The summed E-state index contributed by atoms with van der Waals surface area (Å²) < 4.78 is 5.38. The van der Waals surface area contributed by atoms with Crippen molar-refractivity contribution in [2.45, 2.75) is 26.3 Å². The Morgan fingerprint density at radius 1 is 1.38 bits per heavy atom. The molecule has 0 radical (unpaired) electrons. The van der Waals surface area contributed by atoms with E-state index in [0.717, 1.165) is 31.7 Å². The predicted molar refractivity (Wildman–Crippen MR) is 59.4 cm³/mol. The van der Waals surface area contributed by atoms with Crippen molar-refractivity contribution in [3.63, 3.8) is 0 Å². The molecule has 0 amide bonds. The SMILES string of the molecule is CCNC1CSCC1CCOCC. The normalized spacial score (nSPS) is 28.2. The maximum Gasteiger partial charge on any atom is 0.0469 e. The first kappa shape index (κ1) is 11.3. The van der Waals surface area contributed by atoms with E-state index in [2.05, 4.69) is 30.9 Å². The Hall–Kier alpha value is 0.270. The molecule has 1 heterocycles. The highest BCUT2D eigenvalue weighted by molar-refractivity contribution is 7.99. The second-order valence-electron chi connectivity index (χ2n) is 3.45. The van der Waals surface area contributed by atoms with Crippen LogP contribution in [0.4, 0.5) is 0 Å². The van der Waals surface area contributed by atoms with Crippen LogP contribution in [0.5, 0.6) is 0 Å². The van der Waals surface area contributed by atoms with E-state index in [-0.39, 0.29) is 0 Å². The zero-order valence-corrected chi connectivity index (χ0v) is 9.53. The lowest BCUT2D eigenvalue weighted by molar-refractivity contribution is 0.131. The van der Waals surface area contributed by atoms with Crippen molar-refractivity contribution in [3.05, 3.63) is 0 Å². The molecule has 0 saturated carbocycles. The van der Waals surface area contributed by atoms with E-state index in [1.807, 2.05) is 0 Å². The molecule has 0 aliphatic carbocycles. The molecule has 78 valence electrons. The number of rotatable bonds is 6. The number of hydrogen-bond acceptors (Lipinski definition) is 3. The van der Waals surface area contributed by atoms with Gasteiger partial charge in [-0.25, -0.2) is 0 Å².